The van der Waals surface area contributed by atoms with Crippen molar-refractivity contribution in [2.75, 3.05) is 13.2 Å². The van der Waals surface area contributed by atoms with E-state index in [1.54, 1.807) is 0 Å². The fourth-order valence-corrected chi connectivity index (χ4v) is 2.58. The molecule has 118 valence electrons. The van der Waals surface area contributed by atoms with Gasteiger partial charge < -0.3 is 15.8 Å². The average molecular weight is 321 g/mol. The number of carbonyl (C=O) groups excluding carboxylic acids is 1. The van der Waals surface area contributed by atoms with E-state index in [-0.39, 0.29) is 31.0 Å². The lowest BCUT2D eigenvalue weighted by Gasteiger charge is -2.16. The van der Waals surface area contributed by atoms with Gasteiger partial charge in [-0.15, -0.1) is 12.4 Å². The first kappa shape index (κ1) is 16.6. The smallest absolute Gasteiger partial charge is 0.258 e. The quantitative estimate of drug-likeness (QED) is 0.859. The molecular formula is C17H21ClN2O2. The molecule has 0 saturated heterocycles. The molecule has 0 radical (unpaired) electrons. The summed E-state index contributed by atoms with van der Waals surface area (Å²) in [5.41, 5.74) is 5.69. The van der Waals surface area contributed by atoms with Crippen molar-refractivity contribution in [3.63, 3.8) is 0 Å². The van der Waals surface area contributed by atoms with Gasteiger partial charge in [0.1, 0.15) is 5.75 Å². The summed E-state index contributed by atoms with van der Waals surface area (Å²) in [6.07, 6.45) is 2.32. The second-order valence-electron chi connectivity index (χ2n) is 5.51. The number of benzene rings is 2. The van der Waals surface area contributed by atoms with Crippen molar-refractivity contribution in [1.82, 2.24) is 5.32 Å². The maximum atomic E-state index is 12.0. The number of rotatable bonds is 6. The lowest BCUT2D eigenvalue weighted by atomic mass is 10.1. The van der Waals surface area contributed by atoms with Crippen LogP contribution >= 0.6 is 12.4 Å². The summed E-state index contributed by atoms with van der Waals surface area (Å²) >= 11 is 0. The van der Waals surface area contributed by atoms with Crippen LogP contribution in [0.2, 0.25) is 0 Å². The van der Waals surface area contributed by atoms with Crippen LogP contribution < -0.4 is 15.8 Å². The van der Waals surface area contributed by atoms with Crippen LogP contribution in [0.3, 0.4) is 0 Å². The van der Waals surface area contributed by atoms with Crippen LogP contribution in [-0.2, 0) is 4.79 Å². The molecule has 0 spiro atoms. The molecule has 0 heterocycles. The Bertz CT molecular complexity index is 638. The molecule has 1 fully saturated rings. The van der Waals surface area contributed by atoms with Crippen molar-refractivity contribution in [2.45, 2.75) is 18.9 Å². The Hall–Kier alpha value is -1.78. The molecule has 22 heavy (non-hydrogen) atoms. The van der Waals surface area contributed by atoms with Crippen molar-refractivity contribution in [3.8, 4) is 5.75 Å². The summed E-state index contributed by atoms with van der Waals surface area (Å²) in [7, 11) is 0. The summed E-state index contributed by atoms with van der Waals surface area (Å²) in [5, 5.41) is 5.08. The highest BCUT2D eigenvalue weighted by Gasteiger charge is 2.31. The first-order chi connectivity index (χ1) is 10.3. The molecule has 3 N–H and O–H groups in total. The van der Waals surface area contributed by atoms with Gasteiger partial charge in [-0.05, 0) is 30.2 Å². The molecule has 1 unspecified atom stereocenters. The minimum absolute atomic E-state index is 0. The Morgan fingerprint density at radius 2 is 1.95 bits per heavy atom. The molecule has 1 saturated carbocycles. The highest BCUT2D eigenvalue weighted by Crippen LogP contribution is 2.32. The number of ether oxygens (including phenoxy) is 1. The molecule has 1 atom stereocenters. The third-order valence-electron chi connectivity index (χ3n) is 3.90. The van der Waals surface area contributed by atoms with Crippen LogP contribution in [-0.4, -0.2) is 25.1 Å². The van der Waals surface area contributed by atoms with E-state index in [0.29, 0.717) is 12.5 Å². The third kappa shape index (κ3) is 3.90. The van der Waals surface area contributed by atoms with Gasteiger partial charge in [0.15, 0.2) is 6.61 Å². The summed E-state index contributed by atoms with van der Waals surface area (Å²) in [4.78, 5) is 12.0. The molecule has 3 rings (SSSR count). The number of carbonyl (C=O) groups is 1. The van der Waals surface area contributed by atoms with Gasteiger partial charge in [0, 0.05) is 18.0 Å². The fraction of sp³-hybridized carbons (Fsp3) is 0.353. The summed E-state index contributed by atoms with van der Waals surface area (Å²) in [6.45, 7) is 0.516. The summed E-state index contributed by atoms with van der Waals surface area (Å²) in [5.74, 6) is 1.18. The predicted molar refractivity (Wildman–Crippen MR) is 90.4 cm³/mol. The number of nitrogens with two attached hydrogens (primary N) is 1. The number of fused-ring (bicyclic) bond motifs is 1. The normalized spacial score (nSPS) is 15.0. The number of hydrogen-bond acceptors (Lipinski definition) is 3. The third-order valence-corrected chi connectivity index (χ3v) is 3.90. The monoisotopic (exact) mass is 320 g/mol. The molecule has 4 nitrogen and oxygen atoms in total. The number of nitrogens with one attached hydrogen (secondary N) is 1. The summed E-state index contributed by atoms with van der Waals surface area (Å²) in [6, 6.07) is 13.9. The van der Waals surface area contributed by atoms with Crippen molar-refractivity contribution < 1.29 is 9.53 Å². The maximum Gasteiger partial charge on any atom is 0.258 e. The zero-order valence-corrected chi connectivity index (χ0v) is 13.1. The number of halogens is 1. The largest absolute Gasteiger partial charge is 0.483 e. The summed E-state index contributed by atoms with van der Waals surface area (Å²) < 4.78 is 5.67. The van der Waals surface area contributed by atoms with Gasteiger partial charge in [-0.25, -0.2) is 0 Å². The van der Waals surface area contributed by atoms with Crippen LogP contribution in [0.15, 0.2) is 42.5 Å². The minimum atomic E-state index is -0.106. The first-order valence-electron chi connectivity index (χ1n) is 7.38. The molecule has 0 aromatic heterocycles. The molecule has 1 amide bonds. The van der Waals surface area contributed by atoms with E-state index < -0.39 is 0 Å². The maximum absolute atomic E-state index is 12.0. The van der Waals surface area contributed by atoms with E-state index in [4.69, 9.17) is 10.5 Å². The molecule has 1 aliphatic rings. The van der Waals surface area contributed by atoms with E-state index in [0.717, 1.165) is 29.4 Å². The van der Waals surface area contributed by atoms with Gasteiger partial charge in [0.25, 0.3) is 5.91 Å². The second-order valence-corrected chi connectivity index (χ2v) is 5.51. The Morgan fingerprint density at radius 3 is 2.68 bits per heavy atom. The molecule has 5 heteroatoms. The van der Waals surface area contributed by atoms with Crippen molar-refractivity contribution >= 4 is 29.1 Å². The van der Waals surface area contributed by atoms with Crippen LogP contribution in [0.25, 0.3) is 10.8 Å². The highest BCUT2D eigenvalue weighted by molar-refractivity contribution is 5.88. The lowest BCUT2D eigenvalue weighted by molar-refractivity contribution is -0.123. The van der Waals surface area contributed by atoms with Gasteiger partial charge in [-0.2, -0.15) is 0 Å². The topological polar surface area (TPSA) is 64.3 Å². The SMILES string of the molecule is Cl.NCC(NC(=O)COc1cccc2ccccc12)C1CC1. The van der Waals surface area contributed by atoms with Gasteiger partial charge in [0.2, 0.25) is 0 Å². The van der Waals surface area contributed by atoms with Crippen LogP contribution in [0, 0.1) is 5.92 Å². The van der Waals surface area contributed by atoms with Gasteiger partial charge >= 0.3 is 0 Å². The predicted octanol–water partition coefficient (Wildman–Crippen LogP) is 2.49. The van der Waals surface area contributed by atoms with E-state index in [1.165, 1.54) is 0 Å². The fourth-order valence-electron chi connectivity index (χ4n) is 2.58. The Kier molecular flexibility index (Phi) is 5.63. The van der Waals surface area contributed by atoms with Crippen LogP contribution in [0.1, 0.15) is 12.8 Å². The zero-order valence-electron chi connectivity index (χ0n) is 12.3. The second kappa shape index (κ2) is 7.47. The molecule has 2 aromatic rings. The zero-order chi connectivity index (χ0) is 14.7. The first-order valence-corrected chi connectivity index (χ1v) is 7.38. The van der Waals surface area contributed by atoms with E-state index in [1.807, 2.05) is 42.5 Å². The highest BCUT2D eigenvalue weighted by atomic mass is 35.5. The average Bonchev–Trinajstić information content (AvgIpc) is 3.35. The molecule has 1 aliphatic carbocycles. The van der Waals surface area contributed by atoms with E-state index in [9.17, 15) is 4.79 Å². The van der Waals surface area contributed by atoms with Gasteiger partial charge in [0.05, 0.1) is 0 Å². The van der Waals surface area contributed by atoms with E-state index >= 15 is 0 Å². The molecule has 2 aromatic carbocycles. The van der Waals surface area contributed by atoms with Crippen LogP contribution in [0.5, 0.6) is 5.75 Å². The Morgan fingerprint density at radius 1 is 1.23 bits per heavy atom. The van der Waals surface area contributed by atoms with Crippen molar-refractivity contribution in [2.24, 2.45) is 11.7 Å². The van der Waals surface area contributed by atoms with E-state index in [2.05, 4.69) is 5.32 Å². The minimum Gasteiger partial charge on any atom is -0.483 e. The van der Waals surface area contributed by atoms with Crippen LogP contribution in [0.4, 0.5) is 0 Å². The molecule has 0 bridgehead atoms. The standard InChI is InChI=1S/C17H20N2O2.ClH/c18-10-15(13-8-9-13)19-17(20)11-21-16-7-3-5-12-4-1-2-6-14(12)16;/h1-7,13,15H,8-11,18H2,(H,19,20);1H. The van der Waals surface area contributed by atoms with Gasteiger partial charge in [-0.1, -0.05) is 36.4 Å². The number of hydrogen-bond donors (Lipinski definition) is 2. The Labute approximate surface area is 136 Å². The number of amides is 1. The van der Waals surface area contributed by atoms with Crippen molar-refractivity contribution in [3.05, 3.63) is 42.5 Å². The molecular weight excluding hydrogens is 300 g/mol. The Balaban J connectivity index is 0.00000176. The van der Waals surface area contributed by atoms with Gasteiger partial charge in [-0.3, -0.25) is 4.79 Å². The van der Waals surface area contributed by atoms with Crippen molar-refractivity contribution in [1.29, 1.82) is 0 Å². The lowest BCUT2D eigenvalue weighted by Crippen LogP contribution is -2.43. The molecule has 0 aliphatic heterocycles.